The van der Waals surface area contributed by atoms with Crippen LogP contribution in [0.4, 0.5) is 0 Å². The molecule has 2 aliphatic rings. The van der Waals surface area contributed by atoms with E-state index in [1.54, 1.807) is 0 Å². The van der Waals surface area contributed by atoms with E-state index in [1.807, 2.05) is 0 Å². The molecule has 2 aliphatic heterocycles. The standard InChI is InChI=1S/C14H17BrClNO/c15-12-6-10-3-5-18-14(10)11(7-12)8-17-4-1-2-13(16)9-17/h6-7,13H,1-5,8-9H2. The fourth-order valence-electron chi connectivity index (χ4n) is 2.85. The molecule has 1 aromatic rings. The Kier molecular flexibility index (Phi) is 3.83. The van der Waals surface area contributed by atoms with Gasteiger partial charge >= 0.3 is 0 Å². The molecule has 0 bridgehead atoms. The van der Waals surface area contributed by atoms with Crippen LogP contribution in [0.1, 0.15) is 24.0 Å². The molecule has 2 heterocycles. The van der Waals surface area contributed by atoms with Crippen LogP contribution in [0.5, 0.6) is 5.75 Å². The van der Waals surface area contributed by atoms with E-state index in [9.17, 15) is 0 Å². The maximum absolute atomic E-state index is 6.24. The normalized spacial score (nSPS) is 23.8. The van der Waals surface area contributed by atoms with Gasteiger partial charge in [-0.3, -0.25) is 4.90 Å². The summed E-state index contributed by atoms with van der Waals surface area (Å²) in [5, 5.41) is 0.305. The number of rotatable bonds is 2. The van der Waals surface area contributed by atoms with Crippen molar-refractivity contribution in [2.45, 2.75) is 31.2 Å². The Morgan fingerprint density at radius 2 is 2.33 bits per heavy atom. The van der Waals surface area contributed by atoms with Crippen molar-refractivity contribution in [1.82, 2.24) is 4.90 Å². The largest absolute Gasteiger partial charge is 0.493 e. The average Bonchev–Trinajstić information content (AvgIpc) is 2.77. The number of fused-ring (bicyclic) bond motifs is 1. The summed E-state index contributed by atoms with van der Waals surface area (Å²) >= 11 is 9.84. The van der Waals surface area contributed by atoms with Crippen molar-refractivity contribution in [3.8, 4) is 5.75 Å². The minimum Gasteiger partial charge on any atom is -0.493 e. The lowest BCUT2D eigenvalue weighted by molar-refractivity contribution is 0.220. The van der Waals surface area contributed by atoms with Gasteiger partial charge in [0, 0.05) is 34.9 Å². The minimum atomic E-state index is 0.305. The SMILES string of the molecule is ClC1CCCN(Cc2cc(Br)cc3c2OCC3)C1. The van der Waals surface area contributed by atoms with E-state index < -0.39 is 0 Å². The molecule has 0 saturated carbocycles. The van der Waals surface area contributed by atoms with E-state index in [4.69, 9.17) is 16.3 Å². The molecule has 98 valence electrons. The molecule has 1 saturated heterocycles. The first-order valence-electron chi connectivity index (χ1n) is 6.53. The van der Waals surface area contributed by atoms with Gasteiger partial charge in [-0.05, 0) is 37.1 Å². The second-order valence-electron chi connectivity index (χ2n) is 5.13. The molecule has 2 nitrogen and oxygen atoms in total. The Bertz CT molecular complexity index is 452. The van der Waals surface area contributed by atoms with E-state index in [0.29, 0.717) is 5.38 Å². The molecule has 0 spiro atoms. The van der Waals surface area contributed by atoms with E-state index in [-0.39, 0.29) is 0 Å². The molecule has 0 aliphatic carbocycles. The van der Waals surface area contributed by atoms with Gasteiger partial charge in [-0.1, -0.05) is 15.9 Å². The summed E-state index contributed by atoms with van der Waals surface area (Å²) in [6, 6.07) is 4.36. The zero-order valence-corrected chi connectivity index (χ0v) is 12.6. The topological polar surface area (TPSA) is 12.5 Å². The van der Waals surface area contributed by atoms with Gasteiger partial charge in [0.25, 0.3) is 0 Å². The molecule has 18 heavy (non-hydrogen) atoms. The van der Waals surface area contributed by atoms with Gasteiger partial charge in [0.15, 0.2) is 0 Å². The Morgan fingerprint density at radius 1 is 1.44 bits per heavy atom. The number of hydrogen-bond acceptors (Lipinski definition) is 2. The molecule has 0 amide bonds. The van der Waals surface area contributed by atoms with Crippen LogP contribution >= 0.6 is 27.5 Å². The first-order valence-corrected chi connectivity index (χ1v) is 7.76. The molecule has 0 aromatic heterocycles. The van der Waals surface area contributed by atoms with Crippen molar-refractivity contribution in [1.29, 1.82) is 0 Å². The summed E-state index contributed by atoms with van der Waals surface area (Å²) in [5.41, 5.74) is 2.63. The van der Waals surface area contributed by atoms with Crippen LogP contribution in [0.3, 0.4) is 0 Å². The second kappa shape index (κ2) is 5.40. The number of nitrogens with zero attached hydrogens (tertiary/aromatic N) is 1. The zero-order chi connectivity index (χ0) is 12.5. The minimum absolute atomic E-state index is 0.305. The molecule has 0 N–H and O–H groups in total. The smallest absolute Gasteiger partial charge is 0.127 e. The first kappa shape index (κ1) is 12.8. The van der Waals surface area contributed by atoms with Crippen LogP contribution in [0, 0.1) is 0 Å². The average molecular weight is 331 g/mol. The lowest BCUT2D eigenvalue weighted by Crippen LogP contribution is -2.35. The fraction of sp³-hybridized carbons (Fsp3) is 0.571. The Hall–Kier alpha value is -0.250. The molecule has 4 heteroatoms. The van der Waals surface area contributed by atoms with Crippen molar-refractivity contribution in [2.24, 2.45) is 0 Å². The molecular weight excluding hydrogens is 314 g/mol. The highest BCUT2D eigenvalue weighted by Gasteiger charge is 2.22. The van der Waals surface area contributed by atoms with Crippen LogP contribution in [0.25, 0.3) is 0 Å². The predicted octanol–water partition coefficient (Wildman–Crippen LogP) is 3.59. The quantitative estimate of drug-likeness (QED) is 0.768. The van der Waals surface area contributed by atoms with Crippen LogP contribution in [0.15, 0.2) is 16.6 Å². The molecule has 1 fully saturated rings. The summed E-state index contributed by atoms with van der Waals surface area (Å²) < 4.78 is 6.93. The van der Waals surface area contributed by atoms with Gasteiger partial charge in [0.1, 0.15) is 5.75 Å². The van der Waals surface area contributed by atoms with Gasteiger partial charge in [-0.2, -0.15) is 0 Å². The number of likely N-dealkylation sites (tertiary alicyclic amines) is 1. The lowest BCUT2D eigenvalue weighted by atomic mass is 10.1. The van der Waals surface area contributed by atoms with E-state index >= 15 is 0 Å². The highest BCUT2D eigenvalue weighted by Crippen LogP contribution is 2.34. The van der Waals surface area contributed by atoms with Crippen molar-refractivity contribution in [3.05, 3.63) is 27.7 Å². The Morgan fingerprint density at radius 3 is 3.17 bits per heavy atom. The highest BCUT2D eigenvalue weighted by atomic mass is 79.9. The summed E-state index contributed by atoms with van der Waals surface area (Å²) in [6.07, 6.45) is 3.37. The first-order chi connectivity index (χ1) is 8.72. The third-order valence-corrected chi connectivity index (χ3v) is 4.48. The van der Waals surface area contributed by atoms with E-state index in [2.05, 4.69) is 33.0 Å². The lowest BCUT2D eigenvalue weighted by Gasteiger charge is -2.30. The molecule has 1 unspecified atom stereocenters. The summed E-state index contributed by atoms with van der Waals surface area (Å²) in [4.78, 5) is 2.44. The highest BCUT2D eigenvalue weighted by molar-refractivity contribution is 9.10. The molecule has 3 rings (SSSR count). The third kappa shape index (κ3) is 2.68. The van der Waals surface area contributed by atoms with Gasteiger partial charge in [0.2, 0.25) is 0 Å². The number of hydrogen-bond donors (Lipinski definition) is 0. The summed E-state index contributed by atoms with van der Waals surface area (Å²) in [6.45, 7) is 3.90. The van der Waals surface area contributed by atoms with Gasteiger partial charge in [0.05, 0.1) is 6.61 Å². The predicted molar refractivity (Wildman–Crippen MR) is 77.5 cm³/mol. The third-order valence-electron chi connectivity index (χ3n) is 3.67. The summed E-state index contributed by atoms with van der Waals surface area (Å²) in [7, 11) is 0. The number of benzene rings is 1. The number of piperidine rings is 1. The maximum atomic E-state index is 6.24. The van der Waals surface area contributed by atoms with Crippen molar-refractivity contribution in [3.63, 3.8) is 0 Å². The van der Waals surface area contributed by atoms with Gasteiger partial charge in [-0.15, -0.1) is 11.6 Å². The zero-order valence-electron chi connectivity index (χ0n) is 10.3. The van der Waals surface area contributed by atoms with Crippen molar-refractivity contribution < 1.29 is 4.74 Å². The molecule has 1 atom stereocenters. The fourth-order valence-corrected chi connectivity index (χ4v) is 3.75. The maximum Gasteiger partial charge on any atom is 0.127 e. The van der Waals surface area contributed by atoms with Crippen molar-refractivity contribution in [2.75, 3.05) is 19.7 Å². The second-order valence-corrected chi connectivity index (χ2v) is 6.66. The molecular formula is C14H17BrClNO. The Balaban J connectivity index is 1.80. The van der Waals surface area contributed by atoms with Crippen molar-refractivity contribution >= 4 is 27.5 Å². The van der Waals surface area contributed by atoms with Crippen LogP contribution < -0.4 is 4.74 Å². The van der Waals surface area contributed by atoms with Crippen LogP contribution in [-0.2, 0) is 13.0 Å². The number of halogens is 2. The van der Waals surface area contributed by atoms with E-state index in [1.165, 1.54) is 17.5 Å². The molecule has 0 radical (unpaired) electrons. The van der Waals surface area contributed by atoms with Gasteiger partial charge < -0.3 is 4.74 Å². The summed E-state index contributed by atoms with van der Waals surface area (Å²) in [5.74, 6) is 1.11. The van der Waals surface area contributed by atoms with Crippen LogP contribution in [0.2, 0.25) is 0 Å². The number of ether oxygens (including phenoxy) is 1. The van der Waals surface area contributed by atoms with Crippen LogP contribution in [-0.4, -0.2) is 30.0 Å². The van der Waals surface area contributed by atoms with E-state index in [0.717, 1.165) is 49.3 Å². The molecule has 1 aromatic carbocycles. The van der Waals surface area contributed by atoms with Gasteiger partial charge in [-0.25, -0.2) is 0 Å². The Labute approximate surface area is 121 Å². The number of alkyl halides is 1. The monoisotopic (exact) mass is 329 g/mol.